The van der Waals surface area contributed by atoms with Crippen molar-refractivity contribution in [3.63, 3.8) is 0 Å². The number of aliphatic imine (C=N–C) groups is 2. The number of halogens is 1. The van der Waals surface area contributed by atoms with Crippen LogP contribution in [0.3, 0.4) is 0 Å². The lowest BCUT2D eigenvalue weighted by atomic mass is 10.0. The van der Waals surface area contributed by atoms with Gasteiger partial charge in [-0.3, -0.25) is 0 Å². The molecule has 0 saturated heterocycles. The van der Waals surface area contributed by atoms with E-state index in [9.17, 15) is 4.79 Å². The van der Waals surface area contributed by atoms with Gasteiger partial charge in [-0.25, -0.2) is 9.79 Å². The Morgan fingerprint density at radius 3 is 2.25 bits per heavy atom. The van der Waals surface area contributed by atoms with E-state index in [0.29, 0.717) is 37.1 Å². The lowest BCUT2D eigenvalue weighted by Crippen LogP contribution is -2.43. The van der Waals surface area contributed by atoms with Crippen molar-refractivity contribution in [2.24, 2.45) is 15.9 Å². The number of amidine groups is 1. The number of alkyl carbamates (subject to hydrolysis) is 1. The maximum Gasteiger partial charge on any atom is 0.407 e. The first kappa shape index (κ1) is 29.9. The van der Waals surface area contributed by atoms with E-state index in [4.69, 9.17) is 25.8 Å². The van der Waals surface area contributed by atoms with Crippen molar-refractivity contribution < 1.29 is 19.0 Å². The first-order chi connectivity index (χ1) is 14.9. The highest BCUT2D eigenvalue weighted by Crippen LogP contribution is 2.12. The van der Waals surface area contributed by atoms with Crippen LogP contribution >= 0.6 is 11.6 Å². The average Bonchev–Trinajstić information content (AvgIpc) is 2.67. The molecule has 8 nitrogen and oxygen atoms in total. The molecule has 0 aliphatic heterocycles. The Bertz CT molecular complexity index is 712. The van der Waals surface area contributed by atoms with E-state index in [-0.39, 0.29) is 11.3 Å². The van der Waals surface area contributed by atoms with Crippen molar-refractivity contribution in [2.45, 2.75) is 79.7 Å². The number of rotatable bonds is 11. The fourth-order valence-electron chi connectivity index (χ4n) is 2.49. The van der Waals surface area contributed by atoms with Crippen LogP contribution in [-0.4, -0.2) is 55.8 Å². The van der Waals surface area contributed by atoms with Crippen LogP contribution in [0.15, 0.2) is 21.4 Å². The molecule has 182 valence electrons. The number of allylic oxidation sites excluding steroid dienone is 1. The van der Waals surface area contributed by atoms with E-state index in [1.807, 2.05) is 34.6 Å². The van der Waals surface area contributed by atoms with Crippen LogP contribution in [-0.2, 0) is 14.2 Å². The molecule has 9 heteroatoms. The van der Waals surface area contributed by atoms with Gasteiger partial charge in [-0.05, 0) is 78.1 Å². The second-order valence-electron chi connectivity index (χ2n) is 8.38. The van der Waals surface area contributed by atoms with Crippen molar-refractivity contribution in [1.82, 2.24) is 10.6 Å². The lowest BCUT2D eigenvalue weighted by molar-refractivity contribution is -0.0970. The Balaban J connectivity index is 5.73. The molecule has 1 atom stereocenters. The highest BCUT2D eigenvalue weighted by Gasteiger charge is 2.19. The summed E-state index contributed by atoms with van der Waals surface area (Å²) in [5.74, 6) is 6.74. The highest BCUT2D eigenvalue weighted by atomic mass is 35.5. The van der Waals surface area contributed by atoms with Crippen molar-refractivity contribution in [1.29, 1.82) is 0 Å². The Morgan fingerprint density at radius 1 is 1.19 bits per heavy atom. The molecule has 0 aliphatic carbocycles. The molecule has 32 heavy (non-hydrogen) atoms. The summed E-state index contributed by atoms with van der Waals surface area (Å²) in [6.07, 6.45) is -0.367. The first-order valence-corrected chi connectivity index (χ1v) is 11.2. The minimum absolute atomic E-state index is 0.0248. The zero-order valence-electron chi connectivity index (χ0n) is 20.7. The molecule has 2 N–H and O–H groups in total. The predicted octanol–water partition coefficient (Wildman–Crippen LogP) is 4.44. The fourth-order valence-corrected chi connectivity index (χ4v) is 2.57. The third kappa shape index (κ3) is 14.8. The molecule has 1 unspecified atom stereocenters. The number of hydrogen-bond acceptors (Lipinski definition) is 6. The average molecular weight is 471 g/mol. The van der Waals surface area contributed by atoms with E-state index in [1.54, 1.807) is 6.92 Å². The molecule has 0 rings (SSSR count). The van der Waals surface area contributed by atoms with Gasteiger partial charge in [-0.2, -0.15) is 4.99 Å². The van der Waals surface area contributed by atoms with E-state index in [2.05, 4.69) is 53.0 Å². The van der Waals surface area contributed by atoms with Gasteiger partial charge in [-0.15, -0.1) is 0 Å². The van der Waals surface area contributed by atoms with Gasteiger partial charge in [0.2, 0.25) is 11.6 Å². The van der Waals surface area contributed by atoms with Crippen molar-refractivity contribution >= 4 is 29.7 Å². The van der Waals surface area contributed by atoms with E-state index >= 15 is 0 Å². The number of nitrogens with zero attached hydrogens (tertiary/aromatic N) is 2. The molecular formula is C23H39ClN4O4. The third-order valence-electron chi connectivity index (χ3n) is 3.69. The van der Waals surface area contributed by atoms with E-state index in [1.165, 1.54) is 0 Å². The SMILES string of the molecule is C=N/C(Cl)=N\C(NC(CNC(=O)OC(C)(C)C)CC(C)C)=C(/C)C#CC(OCC)OCC. The number of carbonyl (C=O) groups excluding carboxylic acids is 1. The fraction of sp³-hybridized carbons (Fsp3) is 0.696. The van der Waals surface area contributed by atoms with Gasteiger partial charge >= 0.3 is 6.09 Å². The largest absolute Gasteiger partial charge is 0.444 e. The van der Waals surface area contributed by atoms with Gasteiger partial charge in [0, 0.05) is 31.4 Å². The summed E-state index contributed by atoms with van der Waals surface area (Å²) in [4.78, 5) is 20.0. The van der Waals surface area contributed by atoms with Crippen molar-refractivity contribution in [2.75, 3.05) is 19.8 Å². The summed E-state index contributed by atoms with van der Waals surface area (Å²) in [7, 11) is 0. The topological polar surface area (TPSA) is 93.5 Å². The van der Waals surface area contributed by atoms with E-state index in [0.717, 1.165) is 6.42 Å². The van der Waals surface area contributed by atoms with Crippen LogP contribution in [0.2, 0.25) is 0 Å². The maximum absolute atomic E-state index is 12.1. The summed E-state index contributed by atoms with van der Waals surface area (Å²) in [6, 6.07) is -0.151. The summed E-state index contributed by atoms with van der Waals surface area (Å²) in [5.41, 5.74) is 0.0372. The first-order valence-electron chi connectivity index (χ1n) is 10.8. The van der Waals surface area contributed by atoms with Crippen LogP contribution in [0.1, 0.15) is 61.8 Å². The van der Waals surface area contributed by atoms with Gasteiger partial charge in [-0.1, -0.05) is 19.8 Å². The summed E-state index contributed by atoms with van der Waals surface area (Å²) >= 11 is 6.01. The monoisotopic (exact) mass is 470 g/mol. The Labute approximate surface area is 198 Å². The second kappa shape index (κ2) is 15.7. The predicted molar refractivity (Wildman–Crippen MR) is 131 cm³/mol. The summed E-state index contributed by atoms with van der Waals surface area (Å²) in [5, 5.41) is 6.10. The van der Waals surface area contributed by atoms with Crippen LogP contribution in [0.4, 0.5) is 4.79 Å². The number of ether oxygens (including phenoxy) is 3. The van der Waals surface area contributed by atoms with Crippen LogP contribution < -0.4 is 10.6 Å². The molecule has 1 amide bonds. The molecule has 0 heterocycles. The Hall–Kier alpha value is -2.08. The number of nitrogens with one attached hydrogen (secondary N) is 2. The van der Waals surface area contributed by atoms with Crippen LogP contribution in [0.25, 0.3) is 0 Å². The molecule has 0 aromatic rings. The Morgan fingerprint density at radius 2 is 1.78 bits per heavy atom. The van der Waals surface area contributed by atoms with Crippen molar-refractivity contribution in [3.8, 4) is 11.8 Å². The molecule has 0 radical (unpaired) electrons. The number of carbonyl (C=O) groups is 1. The van der Waals surface area contributed by atoms with Crippen molar-refractivity contribution in [3.05, 3.63) is 11.4 Å². The van der Waals surface area contributed by atoms with Gasteiger partial charge in [0.05, 0.1) is 0 Å². The molecule has 0 saturated carbocycles. The minimum Gasteiger partial charge on any atom is -0.444 e. The zero-order chi connectivity index (χ0) is 24.7. The second-order valence-corrected chi connectivity index (χ2v) is 8.72. The smallest absolute Gasteiger partial charge is 0.407 e. The molecule has 0 aliphatic rings. The molecule has 0 aromatic carbocycles. The Kier molecular flexibility index (Phi) is 14.7. The minimum atomic E-state index is -0.640. The summed E-state index contributed by atoms with van der Waals surface area (Å²) in [6.45, 7) is 19.9. The summed E-state index contributed by atoms with van der Waals surface area (Å²) < 4.78 is 16.3. The van der Waals surface area contributed by atoms with Gasteiger partial charge < -0.3 is 24.8 Å². The van der Waals surface area contributed by atoms with Crippen LogP contribution in [0, 0.1) is 17.8 Å². The standard InChI is InChI=1S/C23H39ClN4O4/c1-10-30-19(31-11-2)13-12-17(5)20(28-21(24)25-9)27-18(14-16(3)4)15-26-22(29)32-23(6,7)8/h16,18-19,27H,9-11,14-15H2,1-8H3,(H,26,29)/b20-17+,28-21-. The van der Waals surface area contributed by atoms with E-state index < -0.39 is 18.0 Å². The molecule has 0 aromatic heterocycles. The normalized spacial score (nSPS) is 13.8. The quantitative estimate of drug-likeness (QED) is 0.153. The number of hydrogen-bond donors (Lipinski definition) is 2. The maximum atomic E-state index is 12.1. The lowest BCUT2D eigenvalue weighted by Gasteiger charge is -2.24. The van der Waals surface area contributed by atoms with Gasteiger partial charge in [0.1, 0.15) is 11.4 Å². The molecule has 0 spiro atoms. The highest BCUT2D eigenvalue weighted by molar-refractivity contribution is 6.65. The zero-order valence-corrected chi connectivity index (χ0v) is 21.4. The molecule has 0 bridgehead atoms. The molecular weight excluding hydrogens is 432 g/mol. The molecule has 0 fully saturated rings. The van der Waals surface area contributed by atoms with Gasteiger partial charge in [0.25, 0.3) is 0 Å². The number of amides is 1. The van der Waals surface area contributed by atoms with Gasteiger partial charge in [0.15, 0.2) is 0 Å². The third-order valence-corrected chi connectivity index (χ3v) is 3.90. The van der Waals surface area contributed by atoms with Crippen LogP contribution in [0.5, 0.6) is 0 Å².